The van der Waals surface area contributed by atoms with Crippen molar-refractivity contribution in [1.82, 2.24) is 0 Å². The minimum Gasteiger partial charge on any atom is -0.461 e. The third-order valence-corrected chi connectivity index (χ3v) is 3.76. The van der Waals surface area contributed by atoms with E-state index in [1.807, 2.05) is 54.6 Å². The van der Waals surface area contributed by atoms with Crippen LogP contribution in [0.2, 0.25) is 0 Å². The second kappa shape index (κ2) is 9.33. The summed E-state index contributed by atoms with van der Waals surface area (Å²) in [5.41, 5.74) is 2.41. The Bertz CT molecular complexity index is 745. The van der Waals surface area contributed by atoms with Gasteiger partial charge in [-0.25, -0.2) is 4.79 Å². The van der Waals surface area contributed by atoms with Crippen molar-refractivity contribution in [3.8, 4) is 11.1 Å². The number of carbonyl (C=O) groups excluding carboxylic acids is 2. The first kappa shape index (κ1) is 20.6. The molecule has 2 rings (SSSR count). The third-order valence-electron chi connectivity index (χ3n) is 3.76. The molecule has 0 radical (unpaired) electrons. The predicted molar refractivity (Wildman–Crippen MR) is 103 cm³/mol. The lowest BCUT2D eigenvalue weighted by molar-refractivity contribution is -0.165. The van der Waals surface area contributed by atoms with Crippen molar-refractivity contribution in [2.45, 2.75) is 51.9 Å². The molecule has 0 heterocycles. The molecule has 0 aromatic heterocycles. The number of aliphatic hydroxyl groups excluding tert-OH is 1. The molecule has 1 atom stereocenters. The molecule has 0 spiro atoms. The number of hydrogen-bond acceptors (Lipinski definition) is 5. The van der Waals surface area contributed by atoms with Gasteiger partial charge in [0.25, 0.3) is 0 Å². The van der Waals surface area contributed by atoms with Crippen molar-refractivity contribution in [1.29, 1.82) is 0 Å². The molecule has 27 heavy (non-hydrogen) atoms. The summed E-state index contributed by atoms with van der Waals surface area (Å²) in [6.45, 7) is 5.30. The third kappa shape index (κ3) is 7.23. The molecule has 2 aromatic rings. The zero-order valence-corrected chi connectivity index (χ0v) is 16.0. The normalized spacial score (nSPS) is 12.3. The molecule has 5 nitrogen and oxygen atoms in total. The molecule has 0 saturated heterocycles. The van der Waals surface area contributed by atoms with Gasteiger partial charge in [-0.05, 0) is 43.9 Å². The highest BCUT2D eigenvalue weighted by atomic mass is 16.6. The van der Waals surface area contributed by atoms with Crippen molar-refractivity contribution in [3.05, 3.63) is 60.2 Å². The molecular weight excluding hydrogens is 344 g/mol. The summed E-state index contributed by atoms with van der Waals surface area (Å²) < 4.78 is 10.3. The first-order valence-corrected chi connectivity index (χ1v) is 8.95. The van der Waals surface area contributed by atoms with E-state index in [-0.39, 0.29) is 19.4 Å². The second-order valence-corrected chi connectivity index (χ2v) is 7.31. The SMILES string of the molecule is CC(C)(C)OC(=O)C(O)CCC(=O)OCc1ccc(-c2ccccc2)cc1. The Morgan fingerprint density at radius 3 is 2.15 bits per heavy atom. The number of aliphatic hydroxyl groups is 1. The first-order valence-electron chi connectivity index (χ1n) is 8.95. The zero-order valence-electron chi connectivity index (χ0n) is 16.0. The average molecular weight is 370 g/mol. The largest absolute Gasteiger partial charge is 0.461 e. The molecule has 1 unspecified atom stereocenters. The van der Waals surface area contributed by atoms with Crippen molar-refractivity contribution >= 4 is 11.9 Å². The van der Waals surface area contributed by atoms with E-state index >= 15 is 0 Å². The van der Waals surface area contributed by atoms with Gasteiger partial charge in [-0.1, -0.05) is 54.6 Å². The number of benzene rings is 2. The fourth-order valence-corrected chi connectivity index (χ4v) is 2.40. The van der Waals surface area contributed by atoms with Crippen LogP contribution in [0.4, 0.5) is 0 Å². The lowest BCUT2D eigenvalue weighted by atomic mass is 10.0. The molecule has 2 aromatic carbocycles. The van der Waals surface area contributed by atoms with E-state index in [1.165, 1.54) is 0 Å². The number of rotatable bonds is 7. The quantitative estimate of drug-likeness (QED) is 0.749. The molecule has 5 heteroatoms. The summed E-state index contributed by atoms with van der Waals surface area (Å²) in [7, 11) is 0. The Kier molecular flexibility index (Phi) is 7.13. The minimum atomic E-state index is -1.33. The predicted octanol–water partition coefficient (Wildman–Crippen LogP) is 3.88. The highest BCUT2D eigenvalue weighted by Gasteiger charge is 2.23. The van der Waals surface area contributed by atoms with Crippen LogP contribution < -0.4 is 0 Å². The monoisotopic (exact) mass is 370 g/mol. The molecule has 0 aliphatic carbocycles. The summed E-state index contributed by atoms with van der Waals surface area (Å²) in [5.74, 6) is -1.20. The van der Waals surface area contributed by atoms with Gasteiger partial charge in [-0.15, -0.1) is 0 Å². The Hall–Kier alpha value is -2.66. The fourth-order valence-electron chi connectivity index (χ4n) is 2.40. The van der Waals surface area contributed by atoms with E-state index in [1.54, 1.807) is 20.8 Å². The highest BCUT2D eigenvalue weighted by Crippen LogP contribution is 2.19. The molecule has 1 N–H and O–H groups in total. The standard InChI is InChI=1S/C22H26O5/c1-22(2,3)27-21(25)19(23)13-14-20(24)26-15-16-9-11-18(12-10-16)17-7-5-4-6-8-17/h4-12,19,23H,13-15H2,1-3H3. The topological polar surface area (TPSA) is 72.8 Å². The summed E-state index contributed by atoms with van der Waals surface area (Å²) in [5, 5.41) is 9.77. The van der Waals surface area contributed by atoms with Gasteiger partial charge in [-0.3, -0.25) is 4.79 Å². The lowest BCUT2D eigenvalue weighted by Gasteiger charge is -2.21. The van der Waals surface area contributed by atoms with Gasteiger partial charge in [0.2, 0.25) is 0 Å². The van der Waals surface area contributed by atoms with E-state index in [4.69, 9.17) is 9.47 Å². The summed E-state index contributed by atoms with van der Waals surface area (Å²) in [6, 6.07) is 17.8. The summed E-state index contributed by atoms with van der Waals surface area (Å²) in [6.07, 6.45) is -1.41. The number of carbonyl (C=O) groups is 2. The van der Waals surface area contributed by atoms with E-state index in [9.17, 15) is 14.7 Å². The van der Waals surface area contributed by atoms with Crippen LogP contribution in [0.3, 0.4) is 0 Å². The van der Waals surface area contributed by atoms with Crippen molar-refractivity contribution in [2.24, 2.45) is 0 Å². The Labute approximate surface area is 159 Å². The number of ether oxygens (including phenoxy) is 2. The number of esters is 2. The maximum atomic E-state index is 11.8. The molecule has 0 amide bonds. The minimum absolute atomic E-state index is 0.0271. The van der Waals surface area contributed by atoms with E-state index in [2.05, 4.69) is 0 Å². The lowest BCUT2D eigenvalue weighted by Crippen LogP contribution is -2.32. The molecular formula is C22H26O5. The maximum Gasteiger partial charge on any atom is 0.335 e. The average Bonchev–Trinajstić information content (AvgIpc) is 2.64. The Morgan fingerprint density at radius 2 is 1.56 bits per heavy atom. The van der Waals surface area contributed by atoms with Crippen LogP contribution in [0, 0.1) is 0 Å². The summed E-state index contributed by atoms with van der Waals surface area (Å²) >= 11 is 0. The van der Waals surface area contributed by atoms with Crippen molar-refractivity contribution in [3.63, 3.8) is 0 Å². The Morgan fingerprint density at radius 1 is 0.963 bits per heavy atom. The van der Waals surface area contributed by atoms with Crippen molar-refractivity contribution in [2.75, 3.05) is 0 Å². The maximum absolute atomic E-state index is 11.8. The van der Waals surface area contributed by atoms with Gasteiger partial charge >= 0.3 is 11.9 Å². The molecule has 0 aliphatic heterocycles. The smallest absolute Gasteiger partial charge is 0.335 e. The van der Waals surface area contributed by atoms with Gasteiger partial charge in [-0.2, -0.15) is 0 Å². The van der Waals surface area contributed by atoms with Crippen molar-refractivity contribution < 1.29 is 24.2 Å². The van der Waals surface area contributed by atoms with Gasteiger partial charge in [0.15, 0.2) is 6.10 Å². The number of hydrogen-bond donors (Lipinski definition) is 1. The van der Waals surface area contributed by atoms with Crippen LogP contribution in [0.1, 0.15) is 39.2 Å². The van der Waals surface area contributed by atoms with Gasteiger partial charge in [0.1, 0.15) is 12.2 Å². The van der Waals surface area contributed by atoms with Gasteiger partial charge < -0.3 is 14.6 Å². The van der Waals surface area contributed by atoms with E-state index in [0.29, 0.717) is 0 Å². The molecule has 0 fully saturated rings. The molecule has 0 aliphatic rings. The second-order valence-electron chi connectivity index (χ2n) is 7.31. The van der Waals surface area contributed by atoms with Crippen LogP contribution in [0.5, 0.6) is 0 Å². The van der Waals surface area contributed by atoms with E-state index in [0.717, 1.165) is 16.7 Å². The highest BCUT2D eigenvalue weighted by molar-refractivity contribution is 5.76. The molecule has 144 valence electrons. The van der Waals surface area contributed by atoms with E-state index < -0.39 is 23.6 Å². The van der Waals surface area contributed by atoms with Crippen LogP contribution in [0.15, 0.2) is 54.6 Å². The van der Waals surface area contributed by atoms with Gasteiger partial charge in [0, 0.05) is 6.42 Å². The van der Waals surface area contributed by atoms with Crippen LogP contribution in [-0.2, 0) is 25.7 Å². The zero-order chi connectivity index (χ0) is 19.9. The fraction of sp³-hybridized carbons (Fsp3) is 0.364. The van der Waals surface area contributed by atoms with Crippen LogP contribution >= 0.6 is 0 Å². The van der Waals surface area contributed by atoms with Crippen LogP contribution in [-0.4, -0.2) is 28.8 Å². The summed E-state index contributed by atoms with van der Waals surface area (Å²) in [4.78, 5) is 23.5. The molecule has 0 saturated carbocycles. The van der Waals surface area contributed by atoms with Gasteiger partial charge in [0.05, 0.1) is 0 Å². The van der Waals surface area contributed by atoms with Crippen LogP contribution in [0.25, 0.3) is 11.1 Å². The first-order chi connectivity index (χ1) is 12.7. The Balaban J connectivity index is 1.76. The molecule has 0 bridgehead atoms.